The molecule has 0 aromatic heterocycles. The van der Waals surface area contributed by atoms with Gasteiger partial charge in [0.15, 0.2) is 0 Å². The second kappa shape index (κ2) is 9.08. The van der Waals surface area contributed by atoms with Crippen LogP contribution in [0.5, 0.6) is 0 Å². The highest BCUT2D eigenvalue weighted by Gasteiger charge is 2.27. The van der Waals surface area contributed by atoms with E-state index in [1.807, 2.05) is 0 Å². The molecule has 1 saturated heterocycles. The molecule has 0 aliphatic carbocycles. The van der Waals surface area contributed by atoms with Gasteiger partial charge in [0.25, 0.3) is 0 Å². The highest BCUT2D eigenvalue weighted by Crippen LogP contribution is 2.31. The number of carbonyl (C=O) groups excluding carboxylic acids is 2. The number of nitrogens with zero attached hydrogens (tertiary/aromatic N) is 3. The number of amides is 3. The summed E-state index contributed by atoms with van der Waals surface area (Å²) in [5, 5.41) is 2.99. The SMILES string of the molecule is COCCN1CCCN(C(=O)NCCN2c3ccccc3CC2C)CC1=O. The summed E-state index contributed by atoms with van der Waals surface area (Å²) >= 11 is 0. The van der Waals surface area contributed by atoms with Crippen LogP contribution in [0.4, 0.5) is 10.5 Å². The molecule has 0 radical (unpaired) electrons. The molecule has 0 saturated carbocycles. The Bertz CT molecular complexity index is 666. The number of methoxy groups -OCH3 is 1. The number of hydrogen-bond donors (Lipinski definition) is 1. The highest BCUT2D eigenvalue weighted by atomic mass is 16.5. The fourth-order valence-electron chi connectivity index (χ4n) is 3.90. The Morgan fingerprint density at radius 3 is 2.89 bits per heavy atom. The monoisotopic (exact) mass is 374 g/mol. The molecule has 7 nitrogen and oxygen atoms in total. The van der Waals surface area contributed by atoms with Gasteiger partial charge in [-0.15, -0.1) is 0 Å². The van der Waals surface area contributed by atoms with Crippen LogP contribution in [-0.2, 0) is 16.0 Å². The lowest BCUT2D eigenvalue weighted by Crippen LogP contribution is -2.46. The number of hydrogen-bond acceptors (Lipinski definition) is 4. The van der Waals surface area contributed by atoms with E-state index in [1.54, 1.807) is 16.9 Å². The average molecular weight is 374 g/mol. The standard InChI is InChI=1S/C20H30N4O3/c1-16-14-17-6-3-4-7-18(17)24(16)11-8-21-20(26)23-10-5-9-22(12-13-27-2)19(25)15-23/h3-4,6-7,16H,5,8-15H2,1-2H3,(H,21,26). The zero-order valence-electron chi connectivity index (χ0n) is 16.3. The van der Waals surface area contributed by atoms with Crippen molar-refractivity contribution >= 4 is 17.6 Å². The molecule has 1 atom stereocenters. The van der Waals surface area contributed by atoms with E-state index in [-0.39, 0.29) is 18.5 Å². The van der Waals surface area contributed by atoms with E-state index < -0.39 is 0 Å². The normalized spacial score (nSPS) is 19.9. The van der Waals surface area contributed by atoms with Crippen molar-refractivity contribution in [3.63, 3.8) is 0 Å². The largest absolute Gasteiger partial charge is 0.383 e. The van der Waals surface area contributed by atoms with Crippen LogP contribution in [0.3, 0.4) is 0 Å². The van der Waals surface area contributed by atoms with E-state index >= 15 is 0 Å². The molecule has 7 heteroatoms. The Balaban J connectivity index is 1.47. The van der Waals surface area contributed by atoms with Crippen LogP contribution >= 0.6 is 0 Å². The fraction of sp³-hybridized carbons (Fsp3) is 0.600. The molecule has 1 N–H and O–H groups in total. The molecular weight excluding hydrogens is 344 g/mol. The van der Waals surface area contributed by atoms with E-state index in [4.69, 9.17) is 4.74 Å². The van der Waals surface area contributed by atoms with Gasteiger partial charge in [0, 0.05) is 51.6 Å². The number of rotatable bonds is 6. The van der Waals surface area contributed by atoms with Crippen LogP contribution in [0.1, 0.15) is 18.9 Å². The van der Waals surface area contributed by atoms with Crippen LogP contribution in [0.2, 0.25) is 0 Å². The number of benzene rings is 1. The molecule has 2 heterocycles. The van der Waals surface area contributed by atoms with Gasteiger partial charge < -0.3 is 24.8 Å². The van der Waals surface area contributed by atoms with Gasteiger partial charge in [-0.1, -0.05) is 18.2 Å². The molecule has 1 unspecified atom stereocenters. The first kappa shape index (κ1) is 19.5. The molecule has 2 aliphatic heterocycles. The van der Waals surface area contributed by atoms with Crippen molar-refractivity contribution in [1.29, 1.82) is 0 Å². The maximum absolute atomic E-state index is 12.5. The summed E-state index contributed by atoms with van der Waals surface area (Å²) < 4.78 is 5.05. The third-order valence-corrected chi connectivity index (χ3v) is 5.36. The van der Waals surface area contributed by atoms with E-state index in [0.717, 1.165) is 19.4 Å². The zero-order chi connectivity index (χ0) is 19.2. The minimum Gasteiger partial charge on any atom is -0.383 e. The number of anilines is 1. The van der Waals surface area contributed by atoms with Gasteiger partial charge >= 0.3 is 6.03 Å². The van der Waals surface area contributed by atoms with Crippen LogP contribution < -0.4 is 10.2 Å². The topological polar surface area (TPSA) is 65.1 Å². The predicted octanol–water partition coefficient (Wildman–Crippen LogP) is 1.33. The smallest absolute Gasteiger partial charge is 0.317 e. The van der Waals surface area contributed by atoms with Crippen molar-refractivity contribution in [3.05, 3.63) is 29.8 Å². The van der Waals surface area contributed by atoms with Crippen LogP contribution in [0.15, 0.2) is 24.3 Å². The van der Waals surface area contributed by atoms with Gasteiger partial charge in [-0.25, -0.2) is 4.79 Å². The summed E-state index contributed by atoms with van der Waals surface area (Å²) in [6.45, 7) is 6.06. The van der Waals surface area contributed by atoms with E-state index in [2.05, 4.69) is 41.4 Å². The Morgan fingerprint density at radius 2 is 2.07 bits per heavy atom. The molecule has 1 aromatic rings. The summed E-state index contributed by atoms with van der Waals surface area (Å²) in [6, 6.07) is 8.72. The maximum Gasteiger partial charge on any atom is 0.317 e. The number of para-hydroxylation sites is 1. The van der Waals surface area contributed by atoms with E-state index in [0.29, 0.717) is 38.8 Å². The van der Waals surface area contributed by atoms with Crippen molar-refractivity contribution in [2.24, 2.45) is 0 Å². The van der Waals surface area contributed by atoms with Gasteiger partial charge in [0.2, 0.25) is 5.91 Å². The third-order valence-electron chi connectivity index (χ3n) is 5.36. The number of ether oxygens (including phenoxy) is 1. The van der Waals surface area contributed by atoms with Gasteiger partial charge in [0.1, 0.15) is 6.54 Å². The van der Waals surface area contributed by atoms with E-state index in [9.17, 15) is 9.59 Å². The highest BCUT2D eigenvalue weighted by molar-refractivity contribution is 5.84. The molecule has 3 rings (SSSR count). The van der Waals surface area contributed by atoms with Gasteiger partial charge in [-0.05, 0) is 31.4 Å². The minimum atomic E-state index is -0.155. The lowest BCUT2D eigenvalue weighted by Gasteiger charge is -2.26. The number of fused-ring (bicyclic) bond motifs is 1. The second-order valence-corrected chi connectivity index (χ2v) is 7.26. The number of urea groups is 1. The first-order valence-electron chi connectivity index (χ1n) is 9.74. The summed E-state index contributed by atoms with van der Waals surface area (Å²) in [5.74, 6) is -0.0122. The average Bonchev–Trinajstić information content (AvgIpc) is 2.85. The first-order chi connectivity index (χ1) is 13.1. The van der Waals surface area contributed by atoms with Crippen molar-refractivity contribution in [2.75, 3.05) is 57.9 Å². The molecule has 1 fully saturated rings. The van der Waals surface area contributed by atoms with Crippen molar-refractivity contribution in [2.45, 2.75) is 25.8 Å². The lowest BCUT2D eigenvalue weighted by atomic mass is 10.1. The molecule has 2 aliphatic rings. The van der Waals surface area contributed by atoms with Gasteiger partial charge in [0.05, 0.1) is 6.61 Å². The number of carbonyl (C=O) groups is 2. The van der Waals surface area contributed by atoms with Crippen molar-refractivity contribution in [1.82, 2.24) is 15.1 Å². The van der Waals surface area contributed by atoms with Gasteiger partial charge in [-0.3, -0.25) is 4.79 Å². The van der Waals surface area contributed by atoms with E-state index in [1.165, 1.54) is 11.3 Å². The summed E-state index contributed by atoms with van der Waals surface area (Å²) in [6.07, 6.45) is 1.83. The minimum absolute atomic E-state index is 0.0122. The summed E-state index contributed by atoms with van der Waals surface area (Å²) in [7, 11) is 1.63. The van der Waals surface area contributed by atoms with Crippen molar-refractivity contribution in [3.8, 4) is 0 Å². The number of nitrogens with one attached hydrogen (secondary N) is 1. The fourth-order valence-corrected chi connectivity index (χ4v) is 3.90. The summed E-state index contributed by atoms with van der Waals surface area (Å²) in [4.78, 5) is 30.6. The lowest BCUT2D eigenvalue weighted by molar-refractivity contribution is -0.131. The Morgan fingerprint density at radius 1 is 1.26 bits per heavy atom. The Hall–Kier alpha value is -2.28. The van der Waals surface area contributed by atoms with Crippen LogP contribution in [-0.4, -0.2) is 80.8 Å². The molecule has 3 amide bonds. The van der Waals surface area contributed by atoms with Gasteiger partial charge in [-0.2, -0.15) is 0 Å². The quantitative estimate of drug-likeness (QED) is 0.816. The molecule has 27 heavy (non-hydrogen) atoms. The first-order valence-corrected chi connectivity index (χ1v) is 9.74. The van der Waals surface area contributed by atoms with Crippen LogP contribution in [0, 0.1) is 0 Å². The van der Waals surface area contributed by atoms with Crippen LogP contribution in [0.25, 0.3) is 0 Å². The summed E-state index contributed by atoms with van der Waals surface area (Å²) in [5.41, 5.74) is 2.63. The maximum atomic E-state index is 12.5. The molecular formula is C20H30N4O3. The predicted molar refractivity (Wildman–Crippen MR) is 105 cm³/mol. The molecule has 1 aromatic carbocycles. The Kier molecular flexibility index (Phi) is 6.55. The molecule has 0 spiro atoms. The zero-order valence-corrected chi connectivity index (χ0v) is 16.3. The third kappa shape index (κ3) is 4.71. The second-order valence-electron chi connectivity index (χ2n) is 7.26. The molecule has 148 valence electrons. The Labute approximate surface area is 161 Å². The van der Waals surface area contributed by atoms with Crippen molar-refractivity contribution < 1.29 is 14.3 Å². The molecule has 0 bridgehead atoms.